The number of fused-ring (bicyclic) bond motifs is 1. The van der Waals surface area contributed by atoms with Gasteiger partial charge in [0.1, 0.15) is 5.00 Å². The van der Waals surface area contributed by atoms with Crippen LogP contribution in [0.2, 0.25) is 0 Å². The number of hydrogen-bond acceptors (Lipinski definition) is 6. The second-order valence-electron chi connectivity index (χ2n) is 6.60. The van der Waals surface area contributed by atoms with E-state index in [1.165, 1.54) is 18.3 Å². The lowest BCUT2D eigenvalue weighted by Gasteiger charge is -2.14. The van der Waals surface area contributed by atoms with Crippen LogP contribution in [0.4, 0.5) is 5.00 Å². The molecule has 0 bridgehead atoms. The van der Waals surface area contributed by atoms with E-state index < -0.39 is 23.9 Å². The average Bonchev–Trinajstić information content (AvgIpc) is 3.22. The molecule has 148 valence electrons. The average molecular weight is 402 g/mol. The molecule has 1 atom stereocenters. The van der Waals surface area contributed by atoms with Gasteiger partial charge in [-0.1, -0.05) is 12.1 Å². The number of carbonyl (C=O) groups is 3. The summed E-state index contributed by atoms with van der Waals surface area (Å²) in [6, 6.07) is 6.83. The van der Waals surface area contributed by atoms with Crippen molar-refractivity contribution in [2.45, 2.75) is 38.9 Å². The van der Waals surface area contributed by atoms with Crippen LogP contribution in [0.25, 0.3) is 0 Å². The molecule has 3 rings (SSSR count). The highest BCUT2D eigenvalue weighted by Crippen LogP contribution is 2.38. The van der Waals surface area contributed by atoms with Crippen molar-refractivity contribution in [2.24, 2.45) is 5.73 Å². The zero-order valence-corrected chi connectivity index (χ0v) is 16.6. The smallest absolute Gasteiger partial charge is 0.338 e. The molecule has 0 radical (unpaired) electrons. The maximum Gasteiger partial charge on any atom is 0.338 e. The van der Waals surface area contributed by atoms with Crippen molar-refractivity contribution in [1.82, 2.24) is 0 Å². The Morgan fingerprint density at radius 2 is 2.07 bits per heavy atom. The standard InChI is InChI=1S/C20H22N2O5S/c1-11(27-20(25)13-6-3-5-12(9-13)10-26-2)18(24)22-19-16(17(21)23)14-7-4-8-15(14)28-19/h3,5-6,9,11H,4,7-8,10H2,1-2H3,(H2,21,23)(H,22,24)/t11-/m1/s1. The molecule has 8 heteroatoms. The number of rotatable bonds is 7. The lowest BCUT2D eigenvalue weighted by molar-refractivity contribution is -0.123. The van der Waals surface area contributed by atoms with Crippen molar-refractivity contribution >= 4 is 34.1 Å². The zero-order chi connectivity index (χ0) is 20.3. The SMILES string of the molecule is COCc1cccc(C(=O)O[C@H](C)C(=O)Nc2sc3c(c2C(N)=O)CCC3)c1. The van der Waals surface area contributed by atoms with Crippen molar-refractivity contribution in [3.05, 3.63) is 51.4 Å². The van der Waals surface area contributed by atoms with Gasteiger partial charge in [-0.2, -0.15) is 0 Å². The largest absolute Gasteiger partial charge is 0.449 e. The summed E-state index contributed by atoms with van der Waals surface area (Å²) >= 11 is 1.36. The molecule has 2 aromatic rings. The highest BCUT2D eigenvalue weighted by Gasteiger charge is 2.28. The Morgan fingerprint density at radius 3 is 2.79 bits per heavy atom. The molecule has 2 amide bonds. The van der Waals surface area contributed by atoms with Crippen molar-refractivity contribution in [3.8, 4) is 0 Å². The van der Waals surface area contributed by atoms with Crippen LogP contribution < -0.4 is 11.1 Å². The lowest BCUT2D eigenvalue weighted by atomic mass is 10.1. The maximum atomic E-state index is 12.5. The molecule has 0 saturated heterocycles. The van der Waals surface area contributed by atoms with Crippen LogP contribution in [0.1, 0.15) is 50.1 Å². The normalized spacial score (nSPS) is 13.6. The number of amides is 2. The minimum absolute atomic E-state index is 0.335. The van der Waals surface area contributed by atoms with Gasteiger partial charge in [0, 0.05) is 12.0 Å². The molecule has 0 spiro atoms. The number of nitrogens with one attached hydrogen (secondary N) is 1. The first kappa shape index (κ1) is 20.0. The molecule has 1 aromatic heterocycles. The monoisotopic (exact) mass is 402 g/mol. The molecule has 0 unspecified atom stereocenters. The van der Waals surface area contributed by atoms with E-state index >= 15 is 0 Å². The molecule has 1 heterocycles. The highest BCUT2D eigenvalue weighted by atomic mass is 32.1. The fourth-order valence-electron chi connectivity index (χ4n) is 3.20. The highest BCUT2D eigenvalue weighted by molar-refractivity contribution is 7.17. The van der Waals surface area contributed by atoms with E-state index in [2.05, 4.69) is 5.32 Å². The number of esters is 1. The third-order valence-electron chi connectivity index (χ3n) is 4.53. The van der Waals surface area contributed by atoms with Crippen LogP contribution in [0.5, 0.6) is 0 Å². The summed E-state index contributed by atoms with van der Waals surface area (Å²) in [5, 5.41) is 3.11. The first-order valence-electron chi connectivity index (χ1n) is 8.94. The first-order chi connectivity index (χ1) is 13.4. The van der Waals surface area contributed by atoms with E-state index in [-0.39, 0.29) is 0 Å². The Morgan fingerprint density at radius 1 is 1.29 bits per heavy atom. The number of hydrogen-bond donors (Lipinski definition) is 2. The minimum atomic E-state index is -1.03. The third kappa shape index (κ3) is 4.23. The van der Waals surface area contributed by atoms with Crippen molar-refractivity contribution in [1.29, 1.82) is 0 Å². The number of thiophene rings is 1. The number of methoxy groups -OCH3 is 1. The summed E-state index contributed by atoms with van der Waals surface area (Å²) in [7, 11) is 1.57. The Kier molecular flexibility index (Phi) is 6.11. The number of ether oxygens (including phenoxy) is 2. The Bertz CT molecular complexity index is 921. The minimum Gasteiger partial charge on any atom is -0.449 e. The van der Waals surface area contributed by atoms with Gasteiger partial charge in [-0.15, -0.1) is 11.3 Å². The van der Waals surface area contributed by atoms with Gasteiger partial charge in [-0.3, -0.25) is 9.59 Å². The summed E-state index contributed by atoms with van der Waals surface area (Å²) in [6.07, 6.45) is 1.60. The van der Waals surface area contributed by atoms with E-state index in [9.17, 15) is 14.4 Å². The van der Waals surface area contributed by atoms with Gasteiger partial charge in [0.05, 0.1) is 17.7 Å². The van der Waals surface area contributed by atoms with Crippen molar-refractivity contribution in [3.63, 3.8) is 0 Å². The summed E-state index contributed by atoms with van der Waals surface area (Å²) in [4.78, 5) is 37.7. The summed E-state index contributed by atoms with van der Waals surface area (Å²) in [6.45, 7) is 1.85. The van der Waals surface area contributed by atoms with E-state index in [1.807, 2.05) is 6.07 Å². The van der Waals surface area contributed by atoms with Crippen LogP contribution in [0.3, 0.4) is 0 Å². The van der Waals surface area contributed by atoms with Gasteiger partial charge < -0.3 is 20.5 Å². The van der Waals surface area contributed by atoms with Crippen LogP contribution in [0, 0.1) is 0 Å². The Hall–Kier alpha value is -2.71. The third-order valence-corrected chi connectivity index (χ3v) is 5.74. The second kappa shape index (κ2) is 8.53. The molecule has 3 N–H and O–H groups in total. The van der Waals surface area contributed by atoms with Crippen LogP contribution >= 0.6 is 11.3 Å². The predicted molar refractivity (Wildman–Crippen MR) is 106 cm³/mol. The van der Waals surface area contributed by atoms with Gasteiger partial charge in [0.2, 0.25) is 0 Å². The number of nitrogens with two attached hydrogens (primary N) is 1. The number of carbonyl (C=O) groups excluding carboxylic acids is 3. The summed E-state index contributed by atoms with van der Waals surface area (Å²) in [5.41, 5.74) is 7.96. The zero-order valence-electron chi connectivity index (χ0n) is 15.7. The summed E-state index contributed by atoms with van der Waals surface area (Å²) < 4.78 is 10.3. The molecule has 1 aliphatic carbocycles. The molecule has 1 aliphatic rings. The summed E-state index contributed by atoms with van der Waals surface area (Å²) in [5.74, 6) is -1.68. The predicted octanol–water partition coefficient (Wildman–Crippen LogP) is 2.67. The van der Waals surface area contributed by atoms with Crippen molar-refractivity contribution in [2.75, 3.05) is 12.4 Å². The Labute approximate surface area is 166 Å². The maximum absolute atomic E-state index is 12.5. The van der Waals surface area contributed by atoms with Crippen LogP contribution in [-0.2, 0) is 33.7 Å². The topological polar surface area (TPSA) is 108 Å². The molecular formula is C20H22N2O5S. The number of anilines is 1. The molecule has 1 aromatic carbocycles. The van der Waals surface area contributed by atoms with Gasteiger partial charge >= 0.3 is 5.97 Å². The molecule has 0 saturated carbocycles. The molecule has 28 heavy (non-hydrogen) atoms. The van der Waals surface area contributed by atoms with Gasteiger partial charge in [0.15, 0.2) is 6.10 Å². The van der Waals surface area contributed by atoms with E-state index in [0.29, 0.717) is 22.7 Å². The van der Waals surface area contributed by atoms with Gasteiger partial charge in [0.25, 0.3) is 11.8 Å². The molecular weight excluding hydrogens is 380 g/mol. The molecule has 7 nitrogen and oxygen atoms in total. The number of benzene rings is 1. The van der Waals surface area contributed by atoms with E-state index in [4.69, 9.17) is 15.2 Å². The number of aryl methyl sites for hydroxylation is 1. The number of primary amides is 1. The fourth-order valence-corrected chi connectivity index (χ4v) is 4.50. The first-order valence-corrected chi connectivity index (χ1v) is 9.76. The Balaban J connectivity index is 1.68. The van der Waals surface area contributed by atoms with Crippen LogP contribution in [0.15, 0.2) is 24.3 Å². The quantitative estimate of drug-likeness (QED) is 0.692. The van der Waals surface area contributed by atoms with Gasteiger partial charge in [-0.25, -0.2) is 4.79 Å². The second-order valence-corrected chi connectivity index (χ2v) is 7.70. The van der Waals surface area contributed by atoms with E-state index in [1.54, 1.807) is 25.3 Å². The van der Waals surface area contributed by atoms with E-state index in [0.717, 1.165) is 35.3 Å². The molecule has 0 fully saturated rings. The van der Waals surface area contributed by atoms with Crippen LogP contribution in [-0.4, -0.2) is 31.0 Å². The van der Waals surface area contributed by atoms with Crippen molar-refractivity contribution < 1.29 is 23.9 Å². The molecule has 0 aliphatic heterocycles. The lowest BCUT2D eigenvalue weighted by Crippen LogP contribution is -2.30. The van der Waals surface area contributed by atoms with Gasteiger partial charge in [-0.05, 0) is 49.4 Å². The fraction of sp³-hybridized carbons (Fsp3) is 0.350.